The van der Waals surface area contributed by atoms with Crippen LogP contribution in [-0.4, -0.2) is 16.7 Å². The fourth-order valence-corrected chi connectivity index (χ4v) is 0.122. The van der Waals surface area contributed by atoms with E-state index in [2.05, 4.69) is 0 Å². The minimum Gasteiger partial charge on any atom is -0.259 e. The van der Waals surface area contributed by atoms with E-state index in [0.29, 0.717) is 11.8 Å². The number of allylic oxidation sites excluding steroid dienone is 1. The predicted octanol–water partition coefficient (Wildman–Crippen LogP) is 2.26. The minimum absolute atomic E-state index is 0.500. The van der Waals surface area contributed by atoms with E-state index in [9.17, 15) is 10.1 Å². The lowest BCUT2D eigenvalue weighted by Gasteiger charge is -1.69. The lowest BCUT2D eigenvalue weighted by atomic mass is 10.7. The van der Waals surface area contributed by atoms with E-state index in [1.807, 2.05) is 0 Å². The zero-order valence-electron chi connectivity index (χ0n) is 5.59. The highest BCUT2D eigenvalue weighted by atomic mass is 35.5. The summed E-state index contributed by atoms with van der Waals surface area (Å²) in [7, 11) is 0. The van der Waals surface area contributed by atoms with Gasteiger partial charge in [0.15, 0.2) is 0 Å². The Morgan fingerprint density at radius 1 is 1.50 bits per heavy atom. The van der Waals surface area contributed by atoms with Crippen molar-refractivity contribution in [1.29, 1.82) is 0 Å². The number of alkyl halides is 2. The van der Waals surface area contributed by atoms with Gasteiger partial charge in [-0.1, -0.05) is 0 Å². The molecule has 0 aliphatic rings. The molecule has 0 aromatic carbocycles. The number of hydrogen-bond donors (Lipinski definition) is 0. The quantitative estimate of drug-likeness (QED) is 0.377. The van der Waals surface area contributed by atoms with Gasteiger partial charge in [0.1, 0.15) is 0 Å². The number of nitrogens with zero attached hydrogens (tertiary/aromatic N) is 1. The molecule has 0 amide bonds. The van der Waals surface area contributed by atoms with Gasteiger partial charge in [-0.3, -0.25) is 10.1 Å². The van der Waals surface area contributed by atoms with E-state index >= 15 is 0 Å². The van der Waals surface area contributed by atoms with Crippen LogP contribution in [0, 0.1) is 10.1 Å². The average molecular weight is 186 g/mol. The molecule has 3 nitrogen and oxygen atoms in total. The lowest BCUT2D eigenvalue weighted by Crippen LogP contribution is -1.79. The Balaban J connectivity index is 0. The van der Waals surface area contributed by atoms with E-state index < -0.39 is 4.92 Å². The van der Waals surface area contributed by atoms with Crippen LogP contribution in [0.25, 0.3) is 0 Å². The molecular formula is C5H9Cl2NO2. The van der Waals surface area contributed by atoms with Gasteiger partial charge in [0.2, 0.25) is 6.20 Å². The second-order valence-electron chi connectivity index (χ2n) is 1.15. The van der Waals surface area contributed by atoms with Crippen molar-refractivity contribution in [2.75, 3.05) is 11.8 Å². The molecule has 0 fully saturated rings. The Morgan fingerprint density at radius 2 is 1.90 bits per heavy atom. The van der Waals surface area contributed by atoms with Crippen LogP contribution in [0.15, 0.2) is 12.3 Å². The van der Waals surface area contributed by atoms with Gasteiger partial charge < -0.3 is 0 Å². The monoisotopic (exact) mass is 185 g/mol. The zero-order chi connectivity index (χ0) is 8.41. The third-order valence-electron chi connectivity index (χ3n) is 0.342. The molecule has 0 saturated heterocycles. The summed E-state index contributed by atoms with van der Waals surface area (Å²) in [5, 5.41) is 9.32. The van der Waals surface area contributed by atoms with Crippen molar-refractivity contribution in [3.05, 3.63) is 22.4 Å². The molecule has 0 unspecified atom stereocenters. The summed E-state index contributed by atoms with van der Waals surface area (Å²) in [6.45, 7) is 1.60. The molecule has 0 atom stereocenters. The summed E-state index contributed by atoms with van der Waals surface area (Å²) >= 11 is 10.1. The molecular weight excluding hydrogens is 177 g/mol. The topological polar surface area (TPSA) is 43.1 Å². The molecule has 0 aromatic rings. The van der Waals surface area contributed by atoms with Crippen molar-refractivity contribution in [2.24, 2.45) is 0 Å². The van der Waals surface area contributed by atoms with E-state index in [1.165, 1.54) is 6.08 Å². The Labute approximate surface area is 69.8 Å². The summed E-state index contributed by atoms with van der Waals surface area (Å²) in [5.41, 5.74) is 0. The van der Waals surface area contributed by atoms with Crippen LogP contribution in [-0.2, 0) is 0 Å². The van der Waals surface area contributed by atoms with E-state index in [-0.39, 0.29) is 0 Å². The molecule has 0 aliphatic heterocycles. The highest BCUT2D eigenvalue weighted by Gasteiger charge is 1.73. The zero-order valence-corrected chi connectivity index (χ0v) is 7.10. The fraction of sp³-hybridized carbons (Fsp3) is 0.600. The molecule has 0 aromatic heterocycles. The largest absolute Gasteiger partial charge is 0.259 e. The molecule has 0 bridgehead atoms. The van der Waals surface area contributed by atoms with Crippen molar-refractivity contribution in [3.63, 3.8) is 0 Å². The average Bonchev–Trinajstić information content (AvgIpc) is 1.89. The number of nitro groups is 1. The molecule has 10 heavy (non-hydrogen) atoms. The van der Waals surface area contributed by atoms with Crippen molar-refractivity contribution < 1.29 is 4.92 Å². The third kappa shape index (κ3) is 25.2. The van der Waals surface area contributed by atoms with E-state index in [4.69, 9.17) is 23.2 Å². The van der Waals surface area contributed by atoms with Crippen LogP contribution in [0.4, 0.5) is 0 Å². The van der Waals surface area contributed by atoms with Gasteiger partial charge in [-0.25, -0.2) is 0 Å². The maximum atomic E-state index is 9.32. The molecule has 5 heteroatoms. The van der Waals surface area contributed by atoms with Crippen molar-refractivity contribution in [3.8, 4) is 0 Å². The molecule has 0 spiro atoms. The van der Waals surface area contributed by atoms with Crippen LogP contribution >= 0.6 is 23.2 Å². The highest BCUT2D eigenvalue weighted by molar-refractivity contribution is 6.25. The Hall–Kier alpha value is -0.280. The van der Waals surface area contributed by atoms with Crippen molar-refractivity contribution in [2.45, 2.75) is 6.92 Å². The van der Waals surface area contributed by atoms with Crippen LogP contribution in [0.5, 0.6) is 0 Å². The highest BCUT2D eigenvalue weighted by Crippen LogP contribution is 1.75. The first kappa shape index (κ1) is 12.4. The lowest BCUT2D eigenvalue weighted by molar-refractivity contribution is -0.402. The van der Waals surface area contributed by atoms with Gasteiger partial charge in [-0.05, 0) is 13.0 Å². The SMILES string of the molecule is C/C=C/[N+](=O)[O-].ClCCCl. The van der Waals surface area contributed by atoms with Gasteiger partial charge in [0, 0.05) is 11.8 Å². The van der Waals surface area contributed by atoms with Crippen molar-refractivity contribution in [1.82, 2.24) is 0 Å². The maximum Gasteiger partial charge on any atom is 0.230 e. The summed E-state index contributed by atoms with van der Waals surface area (Å²) < 4.78 is 0. The summed E-state index contributed by atoms with van der Waals surface area (Å²) in [6.07, 6.45) is 2.26. The van der Waals surface area contributed by atoms with Crippen LogP contribution < -0.4 is 0 Å². The summed E-state index contributed by atoms with van der Waals surface area (Å²) in [5.74, 6) is 1.11. The number of hydrogen-bond acceptors (Lipinski definition) is 2. The molecule has 0 saturated carbocycles. The Bertz CT molecular complexity index is 104. The van der Waals surface area contributed by atoms with E-state index in [0.717, 1.165) is 6.20 Å². The smallest absolute Gasteiger partial charge is 0.230 e. The fourth-order valence-electron chi connectivity index (χ4n) is 0.122. The molecule has 0 N–H and O–H groups in total. The summed E-state index contributed by atoms with van der Waals surface area (Å²) in [4.78, 5) is 8.82. The first-order chi connectivity index (χ1) is 4.68. The number of halogens is 2. The third-order valence-corrected chi connectivity index (χ3v) is 0.914. The first-order valence-corrected chi connectivity index (χ1v) is 3.64. The van der Waals surface area contributed by atoms with Gasteiger partial charge in [0.05, 0.1) is 4.92 Å². The van der Waals surface area contributed by atoms with Gasteiger partial charge in [-0.15, -0.1) is 23.2 Å². The molecule has 60 valence electrons. The second-order valence-corrected chi connectivity index (χ2v) is 1.90. The normalized spacial score (nSPS) is 8.70. The Kier molecular flexibility index (Phi) is 14.3. The van der Waals surface area contributed by atoms with Gasteiger partial charge in [-0.2, -0.15) is 0 Å². The minimum atomic E-state index is -0.500. The first-order valence-electron chi connectivity index (χ1n) is 2.57. The molecule has 0 radical (unpaired) electrons. The summed E-state index contributed by atoms with van der Waals surface area (Å²) in [6, 6.07) is 0. The predicted molar refractivity (Wildman–Crippen MR) is 43.2 cm³/mol. The van der Waals surface area contributed by atoms with Crippen LogP contribution in [0.1, 0.15) is 6.92 Å². The van der Waals surface area contributed by atoms with Crippen molar-refractivity contribution >= 4 is 23.2 Å². The van der Waals surface area contributed by atoms with Gasteiger partial charge in [0.25, 0.3) is 0 Å². The number of rotatable bonds is 2. The standard InChI is InChI=1S/C3H5NO2.C2H4Cl2/c1-2-3-4(5)6;3-1-2-4/h2-3H,1H3;1-2H2/b3-2+;. The van der Waals surface area contributed by atoms with Crippen LogP contribution in [0.3, 0.4) is 0 Å². The van der Waals surface area contributed by atoms with Gasteiger partial charge >= 0.3 is 0 Å². The molecule has 0 rings (SSSR count). The van der Waals surface area contributed by atoms with Crippen LogP contribution in [0.2, 0.25) is 0 Å². The maximum absolute atomic E-state index is 9.32. The Morgan fingerprint density at radius 3 is 1.90 bits per heavy atom. The molecule has 0 aliphatic carbocycles. The molecule has 0 heterocycles. The van der Waals surface area contributed by atoms with E-state index in [1.54, 1.807) is 6.92 Å². The second kappa shape index (κ2) is 11.5.